The molecule has 2 aromatic rings. The van der Waals surface area contributed by atoms with Crippen LogP contribution in [0.1, 0.15) is 5.56 Å². The molecule has 0 radical (unpaired) electrons. The molecule has 2 rings (SSSR count). The lowest BCUT2D eigenvalue weighted by atomic mass is 10.2. The van der Waals surface area contributed by atoms with E-state index in [1.54, 1.807) is 18.5 Å². The van der Waals surface area contributed by atoms with E-state index in [4.69, 9.17) is 17.3 Å². The number of halogens is 1. The molecule has 3 N–H and O–H groups in total. The Kier molecular flexibility index (Phi) is 3.72. The van der Waals surface area contributed by atoms with E-state index in [0.29, 0.717) is 11.0 Å². The summed E-state index contributed by atoms with van der Waals surface area (Å²) in [5.74, 6) is 0.806. The van der Waals surface area contributed by atoms with Gasteiger partial charge in [0.05, 0.1) is 0 Å². The van der Waals surface area contributed by atoms with Gasteiger partial charge in [0.15, 0.2) is 0 Å². The topological polar surface area (TPSA) is 76.7 Å². The fourth-order valence-corrected chi connectivity index (χ4v) is 1.60. The van der Waals surface area contributed by atoms with Gasteiger partial charge in [-0.25, -0.2) is 4.98 Å². The van der Waals surface area contributed by atoms with Crippen LogP contribution in [0, 0.1) is 0 Å². The molecule has 0 fully saturated rings. The summed E-state index contributed by atoms with van der Waals surface area (Å²) in [6, 6.07) is 5.59. The molecule has 6 heteroatoms. The van der Waals surface area contributed by atoms with E-state index >= 15 is 0 Å². The highest BCUT2D eigenvalue weighted by atomic mass is 35.5. The summed E-state index contributed by atoms with van der Waals surface area (Å²) in [7, 11) is 0. The Balaban J connectivity index is 1.90. The highest BCUT2D eigenvalue weighted by Gasteiger charge is 1.99. The van der Waals surface area contributed by atoms with Crippen LogP contribution >= 0.6 is 11.6 Å². The number of nitrogens with one attached hydrogen (secondary N) is 1. The summed E-state index contributed by atoms with van der Waals surface area (Å²) in [6.07, 6.45) is 4.42. The van der Waals surface area contributed by atoms with Gasteiger partial charge in [0, 0.05) is 25.0 Å². The van der Waals surface area contributed by atoms with E-state index < -0.39 is 0 Å². The molecule has 0 saturated carbocycles. The van der Waals surface area contributed by atoms with Gasteiger partial charge in [-0.1, -0.05) is 11.6 Å². The first-order valence-corrected chi connectivity index (χ1v) is 5.54. The van der Waals surface area contributed by atoms with Crippen molar-refractivity contribution in [1.82, 2.24) is 15.0 Å². The van der Waals surface area contributed by atoms with Crippen LogP contribution in [0.3, 0.4) is 0 Å². The Labute approximate surface area is 104 Å². The van der Waals surface area contributed by atoms with Gasteiger partial charge in [-0.3, -0.25) is 4.98 Å². The second-order valence-electron chi connectivity index (χ2n) is 3.47. The van der Waals surface area contributed by atoms with Crippen LogP contribution in [-0.4, -0.2) is 21.5 Å². The monoisotopic (exact) mass is 249 g/mol. The van der Waals surface area contributed by atoms with Gasteiger partial charge in [0.1, 0.15) is 11.0 Å². The summed E-state index contributed by atoms with van der Waals surface area (Å²) in [6.45, 7) is 0.747. The number of anilines is 2. The maximum Gasteiger partial charge on any atom is 0.223 e. The van der Waals surface area contributed by atoms with E-state index in [2.05, 4.69) is 20.3 Å². The quantitative estimate of drug-likeness (QED) is 0.808. The molecule has 0 spiro atoms. The smallest absolute Gasteiger partial charge is 0.223 e. The Hall–Kier alpha value is -1.88. The highest BCUT2D eigenvalue weighted by Crippen LogP contribution is 2.12. The lowest BCUT2D eigenvalue weighted by Crippen LogP contribution is -2.08. The molecule has 0 aliphatic heterocycles. The maximum absolute atomic E-state index is 5.77. The van der Waals surface area contributed by atoms with Crippen LogP contribution in [0.5, 0.6) is 0 Å². The Morgan fingerprint density at radius 3 is 2.71 bits per heavy atom. The number of pyridine rings is 1. The fourth-order valence-electron chi connectivity index (χ4n) is 1.41. The first-order valence-electron chi connectivity index (χ1n) is 5.17. The second-order valence-corrected chi connectivity index (χ2v) is 3.85. The molecule has 0 aliphatic rings. The van der Waals surface area contributed by atoms with Crippen molar-refractivity contribution in [3.8, 4) is 0 Å². The van der Waals surface area contributed by atoms with Gasteiger partial charge in [-0.15, -0.1) is 0 Å². The molecule has 17 heavy (non-hydrogen) atoms. The van der Waals surface area contributed by atoms with Crippen molar-refractivity contribution in [2.45, 2.75) is 6.42 Å². The van der Waals surface area contributed by atoms with E-state index in [1.807, 2.05) is 12.1 Å². The number of rotatable bonds is 4. The Bertz CT molecular complexity index is 468. The molecule has 0 amide bonds. The highest BCUT2D eigenvalue weighted by molar-refractivity contribution is 6.29. The van der Waals surface area contributed by atoms with Gasteiger partial charge in [0.2, 0.25) is 5.95 Å². The third-order valence-electron chi connectivity index (χ3n) is 2.18. The molecule has 0 bridgehead atoms. The minimum absolute atomic E-state index is 0.170. The zero-order valence-electron chi connectivity index (χ0n) is 9.10. The van der Waals surface area contributed by atoms with Crippen molar-refractivity contribution in [2.75, 3.05) is 17.6 Å². The molecule has 0 saturated heterocycles. The van der Waals surface area contributed by atoms with E-state index in [1.165, 1.54) is 5.56 Å². The molecule has 2 aromatic heterocycles. The van der Waals surface area contributed by atoms with Crippen molar-refractivity contribution in [2.24, 2.45) is 0 Å². The van der Waals surface area contributed by atoms with Crippen LogP contribution in [0.25, 0.3) is 0 Å². The molecular weight excluding hydrogens is 238 g/mol. The van der Waals surface area contributed by atoms with Crippen molar-refractivity contribution >= 4 is 23.4 Å². The van der Waals surface area contributed by atoms with Gasteiger partial charge < -0.3 is 11.1 Å². The normalized spacial score (nSPS) is 10.2. The van der Waals surface area contributed by atoms with Crippen LogP contribution in [0.2, 0.25) is 5.15 Å². The Morgan fingerprint density at radius 2 is 2.00 bits per heavy atom. The number of aromatic nitrogens is 3. The van der Waals surface area contributed by atoms with Crippen LogP contribution in [-0.2, 0) is 6.42 Å². The van der Waals surface area contributed by atoms with Crippen LogP contribution < -0.4 is 11.1 Å². The van der Waals surface area contributed by atoms with Crippen LogP contribution in [0.4, 0.5) is 11.8 Å². The molecule has 0 unspecified atom stereocenters. The molecule has 0 aromatic carbocycles. The number of nitrogens with two attached hydrogens (primary N) is 1. The van der Waals surface area contributed by atoms with Gasteiger partial charge in [-0.2, -0.15) is 4.98 Å². The van der Waals surface area contributed by atoms with E-state index in [-0.39, 0.29) is 5.95 Å². The lowest BCUT2D eigenvalue weighted by molar-refractivity contribution is 0.996. The minimum Gasteiger partial charge on any atom is -0.370 e. The molecule has 88 valence electrons. The summed E-state index contributed by atoms with van der Waals surface area (Å²) in [5.41, 5.74) is 6.70. The zero-order valence-corrected chi connectivity index (χ0v) is 9.85. The SMILES string of the molecule is Nc1nc(Cl)cc(NCCc2ccncc2)n1. The summed E-state index contributed by atoms with van der Waals surface area (Å²) >= 11 is 5.77. The molecule has 0 atom stereocenters. The Morgan fingerprint density at radius 1 is 1.24 bits per heavy atom. The van der Waals surface area contributed by atoms with Crippen molar-refractivity contribution in [3.63, 3.8) is 0 Å². The number of nitrogen functional groups attached to an aromatic ring is 1. The third-order valence-corrected chi connectivity index (χ3v) is 2.37. The summed E-state index contributed by atoms with van der Waals surface area (Å²) in [5, 5.41) is 3.48. The minimum atomic E-state index is 0.170. The van der Waals surface area contributed by atoms with Gasteiger partial charge >= 0.3 is 0 Å². The number of hydrogen-bond donors (Lipinski definition) is 2. The average Bonchev–Trinajstić information content (AvgIpc) is 2.29. The number of nitrogens with zero attached hydrogens (tertiary/aromatic N) is 3. The second kappa shape index (κ2) is 5.45. The van der Waals surface area contributed by atoms with Gasteiger partial charge in [0.25, 0.3) is 0 Å². The largest absolute Gasteiger partial charge is 0.370 e. The first-order chi connectivity index (χ1) is 8.24. The van der Waals surface area contributed by atoms with Crippen molar-refractivity contribution < 1.29 is 0 Å². The van der Waals surface area contributed by atoms with Crippen molar-refractivity contribution in [1.29, 1.82) is 0 Å². The zero-order chi connectivity index (χ0) is 12.1. The third kappa shape index (κ3) is 3.57. The van der Waals surface area contributed by atoms with E-state index in [9.17, 15) is 0 Å². The van der Waals surface area contributed by atoms with E-state index in [0.717, 1.165) is 13.0 Å². The number of hydrogen-bond acceptors (Lipinski definition) is 5. The summed E-state index contributed by atoms with van der Waals surface area (Å²) < 4.78 is 0. The average molecular weight is 250 g/mol. The maximum atomic E-state index is 5.77. The van der Waals surface area contributed by atoms with Gasteiger partial charge in [-0.05, 0) is 24.1 Å². The molecule has 0 aliphatic carbocycles. The van der Waals surface area contributed by atoms with Crippen molar-refractivity contribution in [3.05, 3.63) is 41.3 Å². The molecular formula is C11H12ClN5. The van der Waals surface area contributed by atoms with Crippen LogP contribution in [0.15, 0.2) is 30.6 Å². The molecule has 2 heterocycles. The predicted molar refractivity (Wildman–Crippen MR) is 67.9 cm³/mol. The lowest BCUT2D eigenvalue weighted by Gasteiger charge is -2.06. The first kappa shape index (κ1) is 11.6. The molecule has 5 nitrogen and oxygen atoms in total. The standard InChI is InChI=1S/C11H12ClN5/c12-9-7-10(17-11(13)16-9)15-6-3-8-1-4-14-5-2-8/h1-2,4-5,7H,3,6H2,(H3,13,15,16,17). The summed E-state index contributed by atoms with van der Waals surface area (Å²) in [4.78, 5) is 11.8. The fraction of sp³-hybridized carbons (Fsp3) is 0.182. The predicted octanol–water partition coefficient (Wildman–Crippen LogP) is 1.76.